The number of carbonyl (C=O) groups is 1. The highest BCUT2D eigenvalue weighted by Gasteiger charge is 2.39. The Balaban J connectivity index is 2.09. The van der Waals surface area contributed by atoms with Crippen LogP contribution < -0.4 is 5.32 Å². The SMILES string of the molecule is CCCN1CC(C)N(S(=O)(=O)c2ccc(CCNC(=O)CC)cc2)C1=N. The number of sulfonamides is 1. The first-order valence-electron chi connectivity index (χ1n) is 9.04. The fraction of sp³-hybridized carbons (Fsp3) is 0.556. The van der Waals surface area contributed by atoms with Crippen LogP contribution in [0.3, 0.4) is 0 Å². The number of carbonyl (C=O) groups excluding carboxylic acids is 1. The van der Waals surface area contributed by atoms with E-state index in [1.165, 1.54) is 4.31 Å². The maximum absolute atomic E-state index is 13.0. The van der Waals surface area contributed by atoms with E-state index in [9.17, 15) is 13.2 Å². The molecule has 0 saturated carbocycles. The Hall–Kier alpha value is -2.09. The van der Waals surface area contributed by atoms with Gasteiger partial charge in [0, 0.05) is 26.1 Å². The van der Waals surface area contributed by atoms with E-state index >= 15 is 0 Å². The van der Waals surface area contributed by atoms with Gasteiger partial charge < -0.3 is 10.2 Å². The first kappa shape index (κ1) is 20.2. The molecule has 1 heterocycles. The van der Waals surface area contributed by atoms with Crippen molar-refractivity contribution >= 4 is 21.9 Å². The minimum Gasteiger partial charge on any atom is -0.356 e. The first-order valence-corrected chi connectivity index (χ1v) is 10.5. The summed E-state index contributed by atoms with van der Waals surface area (Å²) in [6, 6.07) is 6.42. The summed E-state index contributed by atoms with van der Waals surface area (Å²) in [7, 11) is -3.75. The summed E-state index contributed by atoms with van der Waals surface area (Å²) >= 11 is 0. The maximum Gasteiger partial charge on any atom is 0.266 e. The summed E-state index contributed by atoms with van der Waals surface area (Å²) in [5, 5.41) is 11.0. The Morgan fingerprint density at radius 2 is 1.92 bits per heavy atom. The normalized spacial score (nSPS) is 17.7. The number of rotatable bonds is 8. The molecule has 1 amide bonds. The highest BCUT2D eigenvalue weighted by Crippen LogP contribution is 2.25. The lowest BCUT2D eigenvalue weighted by Crippen LogP contribution is -2.39. The molecule has 26 heavy (non-hydrogen) atoms. The molecule has 1 aromatic rings. The number of nitrogens with zero attached hydrogens (tertiary/aromatic N) is 2. The van der Waals surface area contributed by atoms with Crippen LogP contribution in [0.2, 0.25) is 0 Å². The second-order valence-corrected chi connectivity index (χ2v) is 8.33. The van der Waals surface area contributed by atoms with Crippen LogP contribution in [0, 0.1) is 5.41 Å². The molecule has 1 aliphatic rings. The molecule has 1 unspecified atom stereocenters. The summed E-state index contributed by atoms with van der Waals surface area (Å²) in [4.78, 5) is 13.2. The first-order chi connectivity index (χ1) is 12.3. The third-order valence-corrected chi connectivity index (χ3v) is 6.34. The van der Waals surface area contributed by atoms with E-state index in [2.05, 4.69) is 5.32 Å². The van der Waals surface area contributed by atoms with Gasteiger partial charge in [-0.25, -0.2) is 12.7 Å². The lowest BCUT2D eigenvalue weighted by atomic mass is 10.1. The van der Waals surface area contributed by atoms with E-state index in [0.29, 0.717) is 32.5 Å². The van der Waals surface area contributed by atoms with Crippen LogP contribution in [0.15, 0.2) is 29.2 Å². The van der Waals surface area contributed by atoms with E-state index in [0.717, 1.165) is 12.0 Å². The van der Waals surface area contributed by atoms with E-state index in [1.807, 2.05) is 13.8 Å². The summed E-state index contributed by atoms with van der Waals surface area (Å²) in [6.07, 6.45) is 1.96. The molecule has 144 valence electrons. The molecule has 1 aliphatic heterocycles. The van der Waals surface area contributed by atoms with Crippen molar-refractivity contribution < 1.29 is 13.2 Å². The Bertz CT molecular complexity index is 746. The van der Waals surface area contributed by atoms with E-state index < -0.39 is 10.0 Å². The topological polar surface area (TPSA) is 93.6 Å². The predicted molar refractivity (Wildman–Crippen MR) is 102 cm³/mol. The van der Waals surface area contributed by atoms with Gasteiger partial charge in [0.25, 0.3) is 10.0 Å². The minimum absolute atomic E-state index is 0.00219. The number of hydrogen-bond donors (Lipinski definition) is 2. The molecular weight excluding hydrogens is 352 g/mol. The highest BCUT2D eigenvalue weighted by atomic mass is 32.2. The van der Waals surface area contributed by atoms with Gasteiger partial charge in [0.1, 0.15) is 0 Å². The van der Waals surface area contributed by atoms with Crippen molar-refractivity contribution in [3.05, 3.63) is 29.8 Å². The summed E-state index contributed by atoms with van der Waals surface area (Å²) in [5.74, 6) is 0.0491. The smallest absolute Gasteiger partial charge is 0.266 e. The zero-order chi connectivity index (χ0) is 19.3. The van der Waals surface area contributed by atoms with Gasteiger partial charge in [0.2, 0.25) is 11.9 Å². The van der Waals surface area contributed by atoms with Gasteiger partial charge in [-0.2, -0.15) is 0 Å². The molecule has 0 bridgehead atoms. The lowest BCUT2D eigenvalue weighted by molar-refractivity contribution is -0.120. The predicted octanol–water partition coefficient (Wildman–Crippen LogP) is 1.79. The van der Waals surface area contributed by atoms with Crippen molar-refractivity contribution in [2.24, 2.45) is 0 Å². The Labute approximate surface area is 155 Å². The molecule has 0 radical (unpaired) electrons. The van der Waals surface area contributed by atoms with Gasteiger partial charge in [0.15, 0.2) is 0 Å². The van der Waals surface area contributed by atoms with E-state index in [1.54, 1.807) is 36.1 Å². The molecule has 1 atom stereocenters. The average molecular weight is 381 g/mol. The van der Waals surface area contributed by atoms with Crippen molar-refractivity contribution in [2.45, 2.75) is 51.0 Å². The molecule has 2 N–H and O–H groups in total. The van der Waals surface area contributed by atoms with Gasteiger partial charge in [0.05, 0.1) is 10.9 Å². The molecule has 0 aromatic heterocycles. The highest BCUT2D eigenvalue weighted by molar-refractivity contribution is 7.89. The minimum atomic E-state index is -3.75. The second kappa shape index (κ2) is 8.53. The largest absolute Gasteiger partial charge is 0.356 e. The van der Waals surface area contributed by atoms with Crippen LogP contribution >= 0.6 is 0 Å². The van der Waals surface area contributed by atoms with Crippen LogP contribution in [0.1, 0.15) is 39.2 Å². The molecule has 0 spiro atoms. The van der Waals surface area contributed by atoms with Crippen molar-refractivity contribution in [1.82, 2.24) is 14.5 Å². The molecule has 1 saturated heterocycles. The molecule has 7 nitrogen and oxygen atoms in total. The molecule has 2 rings (SSSR count). The molecule has 8 heteroatoms. The number of hydrogen-bond acceptors (Lipinski definition) is 4. The third kappa shape index (κ3) is 4.35. The van der Waals surface area contributed by atoms with Crippen molar-refractivity contribution in [2.75, 3.05) is 19.6 Å². The summed E-state index contributed by atoms with van der Waals surface area (Å²) in [5.41, 5.74) is 0.956. The zero-order valence-corrected chi connectivity index (χ0v) is 16.5. The zero-order valence-electron chi connectivity index (χ0n) is 15.7. The van der Waals surface area contributed by atoms with Crippen LogP contribution in [0.5, 0.6) is 0 Å². The summed E-state index contributed by atoms with van der Waals surface area (Å²) in [6.45, 7) is 7.38. The number of guanidine groups is 1. The monoisotopic (exact) mass is 380 g/mol. The standard InChI is InChI=1S/C18H28N4O3S/c1-4-12-21-13-14(3)22(18(21)19)26(24,25)16-8-6-15(7-9-16)10-11-20-17(23)5-2/h6-9,14,19H,4-5,10-13H2,1-3H3,(H,20,23). The number of amides is 1. The van der Waals surface area contributed by atoms with E-state index in [-0.39, 0.29) is 22.8 Å². The van der Waals surface area contributed by atoms with Gasteiger partial charge in [-0.15, -0.1) is 0 Å². The molecule has 1 fully saturated rings. The molecule has 1 aromatic carbocycles. The van der Waals surface area contributed by atoms with E-state index in [4.69, 9.17) is 5.41 Å². The number of benzene rings is 1. The molecule has 0 aliphatic carbocycles. The fourth-order valence-corrected chi connectivity index (χ4v) is 4.65. The van der Waals surface area contributed by atoms with Crippen LogP contribution in [-0.4, -0.2) is 55.2 Å². The Morgan fingerprint density at radius 1 is 1.27 bits per heavy atom. The van der Waals surface area contributed by atoms with Crippen LogP contribution in [0.4, 0.5) is 0 Å². The Morgan fingerprint density at radius 3 is 2.50 bits per heavy atom. The second-order valence-electron chi connectivity index (χ2n) is 6.52. The third-order valence-electron chi connectivity index (χ3n) is 4.42. The van der Waals surface area contributed by atoms with Crippen LogP contribution in [-0.2, 0) is 21.2 Å². The van der Waals surface area contributed by atoms with Gasteiger partial charge in [-0.3, -0.25) is 10.2 Å². The van der Waals surface area contributed by atoms with Crippen molar-refractivity contribution in [3.8, 4) is 0 Å². The Kier molecular flexibility index (Phi) is 6.63. The molecular formula is C18H28N4O3S. The fourth-order valence-electron chi connectivity index (χ4n) is 3.06. The van der Waals surface area contributed by atoms with Gasteiger partial charge in [-0.05, 0) is 37.5 Å². The quantitative estimate of drug-likeness (QED) is 0.719. The lowest BCUT2D eigenvalue weighted by Gasteiger charge is -2.23. The maximum atomic E-state index is 13.0. The van der Waals surface area contributed by atoms with Gasteiger partial charge >= 0.3 is 0 Å². The van der Waals surface area contributed by atoms with Crippen LogP contribution in [0.25, 0.3) is 0 Å². The summed E-state index contributed by atoms with van der Waals surface area (Å²) < 4.78 is 27.1. The number of nitrogens with one attached hydrogen (secondary N) is 2. The average Bonchev–Trinajstić information content (AvgIpc) is 2.89. The van der Waals surface area contributed by atoms with Crippen molar-refractivity contribution in [3.63, 3.8) is 0 Å². The van der Waals surface area contributed by atoms with Crippen molar-refractivity contribution in [1.29, 1.82) is 5.41 Å². The van der Waals surface area contributed by atoms with Gasteiger partial charge in [-0.1, -0.05) is 26.0 Å².